The average Bonchev–Trinajstić information content (AvgIpc) is 2.23. The summed E-state index contributed by atoms with van der Waals surface area (Å²) in [6.45, 7) is 5.39. The Labute approximate surface area is 99.5 Å². The van der Waals surface area contributed by atoms with Crippen LogP contribution in [0, 0.1) is 24.0 Å². The zero-order valence-corrected chi connectivity index (χ0v) is 10.1. The fraction of sp³-hybridized carbons (Fsp3) is 0.417. The van der Waals surface area contributed by atoms with Crippen LogP contribution in [0.1, 0.15) is 23.6 Å². The van der Waals surface area contributed by atoms with E-state index in [-0.39, 0.29) is 18.7 Å². The normalized spacial score (nSPS) is 10.1. The Bertz CT molecular complexity index is 454. The third kappa shape index (κ3) is 3.03. The fourth-order valence-electron chi connectivity index (χ4n) is 1.69. The van der Waals surface area contributed by atoms with E-state index in [0.717, 1.165) is 5.56 Å². The predicted molar refractivity (Wildman–Crippen MR) is 62.9 cm³/mol. The fourth-order valence-corrected chi connectivity index (χ4v) is 1.69. The first-order chi connectivity index (χ1) is 7.97. The third-order valence-electron chi connectivity index (χ3n) is 2.53. The van der Waals surface area contributed by atoms with Gasteiger partial charge in [0.1, 0.15) is 0 Å². The lowest BCUT2D eigenvalue weighted by Crippen LogP contribution is -2.11. The van der Waals surface area contributed by atoms with Crippen molar-refractivity contribution in [2.75, 3.05) is 6.61 Å². The number of carbonyl (C=O) groups excluding carboxylic acids is 1. The summed E-state index contributed by atoms with van der Waals surface area (Å²) in [4.78, 5) is 21.9. The molecule has 0 N–H and O–H groups in total. The first-order valence-corrected chi connectivity index (χ1v) is 5.36. The first kappa shape index (κ1) is 13.2. The SMILES string of the molecule is CCOC(=O)Cc1c(C)ccc(C)c1[N+](=O)[O-]. The summed E-state index contributed by atoms with van der Waals surface area (Å²) in [5.74, 6) is -0.440. The van der Waals surface area contributed by atoms with Crippen molar-refractivity contribution in [1.82, 2.24) is 0 Å². The van der Waals surface area contributed by atoms with Crippen LogP contribution < -0.4 is 0 Å². The zero-order valence-electron chi connectivity index (χ0n) is 10.1. The van der Waals surface area contributed by atoms with Crippen molar-refractivity contribution >= 4 is 11.7 Å². The number of benzene rings is 1. The largest absolute Gasteiger partial charge is 0.466 e. The van der Waals surface area contributed by atoms with Gasteiger partial charge >= 0.3 is 5.97 Å². The molecular formula is C12H15NO4. The Morgan fingerprint density at radius 2 is 1.94 bits per heavy atom. The molecule has 0 spiro atoms. The lowest BCUT2D eigenvalue weighted by molar-refractivity contribution is -0.386. The molecule has 1 rings (SSSR count). The van der Waals surface area contributed by atoms with E-state index in [1.807, 2.05) is 0 Å². The monoisotopic (exact) mass is 237 g/mol. The third-order valence-corrected chi connectivity index (χ3v) is 2.53. The van der Waals surface area contributed by atoms with Crippen molar-refractivity contribution < 1.29 is 14.5 Å². The molecule has 0 unspecified atom stereocenters. The lowest BCUT2D eigenvalue weighted by Gasteiger charge is -2.08. The molecule has 0 aliphatic rings. The van der Waals surface area contributed by atoms with Crippen LogP contribution >= 0.6 is 0 Å². The summed E-state index contributed by atoms with van der Waals surface area (Å²) in [6, 6.07) is 3.46. The van der Waals surface area contributed by atoms with Gasteiger partial charge in [-0.25, -0.2) is 0 Å². The Hall–Kier alpha value is -1.91. The van der Waals surface area contributed by atoms with Crippen LogP contribution in [0.25, 0.3) is 0 Å². The van der Waals surface area contributed by atoms with Crippen LogP contribution in [0.15, 0.2) is 12.1 Å². The molecule has 92 valence electrons. The van der Waals surface area contributed by atoms with E-state index in [0.29, 0.717) is 11.1 Å². The van der Waals surface area contributed by atoms with Gasteiger partial charge in [0.2, 0.25) is 0 Å². The van der Waals surface area contributed by atoms with Crippen molar-refractivity contribution in [2.45, 2.75) is 27.2 Å². The number of rotatable bonds is 4. The van der Waals surface area contributed by atoms with Gasteiger partial charge in [-0.1, -0.05) is 12.1 Å². The summed E-state index contributed by atoms with van der Waals surface area (Å²) < 4.78 is 4.81. The number of carbonyl (C=O) groups is 1. The molecule has 0 aliphatic carbocycles. The minimum absolute atomic E-state index is 0.0121. The van der Waals surface area contributed by atoms with E-state index in [1.165, 1.54) is 0 Å². The topological polar surface area (TPSA) is 69.4 Å². The summed E-state index contributed by atoms with van der Waals surface area (Å²) in [7, 11) is 0. The smallest absolute Gasteiger partial charge is 0.310 e. The van der Waals surface area contributed by atoms with E-state index in [1.54, 1.807) is 32.9 Å². The number of nitro groups is 1. The molecule has 0 fully saturated rings. The quantitative estimate of drug-likeness (QED) is 0.457. The van der Waals surface area contributed by atoms with Crippen LogP contribution in [0.4, 0.5) is 5.69 Å². The first-order valence-electron chi connectivity index (χ1n) is 5.36. The number of esters is 1. The lowest BCUT2D eigenvalue weighted by atomic mass is 10.00. The maximum atomic E-state index is 11.4. The highest BCUT2D eigenvalue weighted by molar-refractivity contribution is 5.75. The molecule has 0 radical (unpaired) electrons. The van der Waals surface area contributed by atoms with Gasteiger partial charge in [0.15, 0.2) is 0 Å². The van der Waals surface area contributed by atoms with Crippen molar-refractivity contribution in [1.29, 1.82) is 0 Å². The molecule has 5 heteroatoms. The molecule has 17 heavy (non-hydrogen) atoms. The van der Waals surface area contributed by atoms with E-state index < -0.39 is 10.9 Å². The molecule has 0 aliphatic heterocycles. The van der Waals surface area contributed by atoms with Crippen LogP contribution in [-0.4, -0.2) is 17.5 Å². The molecule has 0 heterocycles. The van der Waals surface area contributed by atoms with Gasteiger partial charge in [-0.15, -0.1) is 0 Å². The van der Waals surface area contributed by atoms with Crippen molar-refractivity contribution in [2.24, 2.45) is 0 Å². The number of hydrogen-bond donors (Lipinski definition) is 0. The number of nitrogens with zero attached hydrogens (tertiary/aromatic N) is 1. The van der Waals surface area contributed by atoms with Gasteiger partial charge in [0.25, 0.3) is 5.69 Å². The Morgan fingerprint density at radius 3 is 2.47 bits per heavy atom. The van der Waals surface area contributed by atoms with E-state index in [4.69, 9.17) is 4.74 Å². The second kappa shape index (κ2) is 5.43. The number of hydrogen-bond acceptors (Lipinski definition) is 4. The molecule has 0 amide bonds. The van der Waals surface area contributed by atoms with Gasteiger partial charge in [0, 0.05) is 11.1 Å². The molecule has 0 saturated carbocycles. The van der Waals surface area contributed by atoms with E-state index in [2.05, 4.69) is 0 Å². The zero-order chi connectivity index (χ0) is 13.0. The number of aryl methyl sites for hydroxylation is 2. The molecule has 5 nitrogen and oxygen atoms in total. The Balaban J connectivity index is 3.16. The highest BCUT2D eigenvalue weighted by Gasteiger charge is 2.21. The van der Waals surface area contributed by atoms with Gasteiger partial charge in [-0.05, 0) is 26.3 Å². The van der Waals surface area contributed by atoms with Crippen LogP contribution in [0.3, 0.4) is 0 Å². The predicted octanol–water partition coefficient (Wildman–Crippen LogP) is 2.32. The molecule has 1 aromatic carbocycles. The average molecular weight is 237 g/mol. The van der Waals surface area contributed by atoms with Crippen molar-refractivity contribution in [3.63, 3.8) is 0 Å². The van der Waals surface area contributed by atoms with Crippen LogP contribution in [0.5, 0.6) is 0 Å². The maximum Gasteiger partial charge on any atom is 0.310 e. The highest BCUT2D eigenvalue weighted by atomic mass is 16.6. The Kier molecular flexibility index (Phi) is 4.20. The maximum absolute atomic E-state index is 11.4. The number of nitro benzene ring substituents is 1. The molecular weight excluding hydrogens is 222 g/mol. The van der Waals surface area contributed by atoms with Crippen molar-refractivity contribution in [3.8, 4) is 0 Å². The summed E-state index contributed by atoms with van der Waals surface area (Å²) >= 11 is 0. The van der Waals surface area contributed by atoms with Gasteiger partial charge in [-0.3, -0.25) is 14.9 Å². The molecule has 0 atom stereocenters. The van der Waals surface area contributed by atoms with Crippen molar-refractivity contribution in [3.05, 3.63) is 38.9 Å². The molecule has 1 aromatic rings. The van der Waals surface area contributed by atoms with E-state index in [9.17, 15) is 14.9 Å². The van der Waals surface area contributed by atoms with E-state index >= 15 is 0 Å². The van der Waals surface area contributed by atoms with Crippen LogP contribution in [0.2, 0.25) is 0 Å². The standard InChI is InChI=1S/C12H15NO4/c1-4-17-11(14)7-10-8(2)5-6-9(3)12(10)13(15)16/h5-6H,4,7H2,1-3H3. The molecule has 0 saturated heterocycles. The second-order valence-electron chi connectivity index (χ2n) is 3.77. The second-order valence-corrected chi connectivity index (χ2v) is 3.77. The van der Waals surface area contributed by atoms with Gasteiger partial charge in [-0.2, -0.15) is 0 Å². The summed E-state index contributed by atoms with van der Waals surface area (Å²) in [6.07, 6.45) is -0.0579. The van der Waals surface area contributed by atoms with Gasteiger partial charge < -0.3 is 4.74 Å². The summed E-state index contributed by atoms with van der Waals surface area (Å²) in [5, 5.41) is 11.0. The minimum Gasteiger partial charge on any atom is -0.466 e. The number of ether oxygens (including phenoxy) is 1. The molecule has 0 aromatic heterocycles. The van der Waals surface area contributed by atoms with Crippen LogP contribution in [-0.2, 0) is 16.0 Å². The highest BCUT2D eigenvalue weighted by Crippen LogP contribution is 2.27. The minimum atomic E-state index is -0.448. The summed E-state index contributed by atoms with van der Waals surface area (Å²) in [5.41, 5.74) is 1.74. The Morgan fingerprint density at radius 1 is 1.35 bits per heavy atom. The van der Waals surface area contributed by atoms with Gasteiger partial charge in [0.05, 0.1) is 18.0 Å². The molecule has 0 bridgehead atoms.